The molecule has 0 spiro atoms. The molecule has 0 amide bonds. The van der Waals surface area contributed by atoms with Gasteiger partial charge in [-0.2, -0.15) is 13.2 Å². The van der Waals surface area contributed by atoms with Gasteiger partial charge in [0.05, 0.1) is 0 Å². The number of hydrogen-bond donors (Lipinski definition) is 2. The van der Waals surface area contributed by atoms with E-state index >= 15 is 0 Å². The van der Waals surface area contributed by atoms with Gasteiger partial charge in [-0.25, -0.2) is 8.78 Å². The van der Waals surface area contributed by atoms with Crippen molar-refractivity contribution in [2.24, 2.45) is 5.73 Å². The van der Waals surface area contributed by atoms with Crippen LogP contribution in [0.4, 0.5) is 22.0 Å². The van der Waals surface area contributed by atoms with E-state index in [2.05, 4.69) is 5.73 Å². The summed E-state index contributed by atoms with van der Waals surface area (Å²) in [7, 11) is 0. The molecule has 0 fully saturated rings. The second kappa shape index (κ2) is 4.20. The Kier molecular flexibility index (Phi) is 5.03. The van der Waals surface area contributed by atoms with Gasteiger partial charge in [0.15, 0.2) is 6.04 Å². The standard InChI is InChI=1S/C4H6F5NO.ClH/c5-3(6,1-11)2(10)4(7,8)9;/h2,11H,1,10H2;1H/t2-;/m1./s1. The van der Waals surface area contributed by atoms with Crippen molar-refractivity contribution < 1.29 is 27.1 Å². The second-order valence-electron chi connectivity index (χ2n) is 1.94. The largest absolute Gasteiger partial charge is 0.409 e. The molecular formula is C4H7ClF5NO. The molecule has 0 bridgehead atoms. The van der Waals surface area contributed by atoms with Crippen molar-refractivity contribution in [3.05, 3.63) is 0 Å². The van der Waals surface area contributed by atoms with Gasteiger partial charge in [0.2, 0.25) is 0 Å². The normalized spacial score (nSPS) is 15.2. The number of rotatable bonds is 2. The Bertz CT molecular complexity index is 138. The maximum absolute atomic E-state index is 11.9. The summed E-state index contributed by atoms with van der Waals surface area (Å²) in [5, 5.41) is 7.80. The van der Waals surface area contributed by atoms with Gasteiger partial charge in [0, 0.05) is 0 Å². The maximum atomic E-state index is 11.9. The van der Waals surface area contributed by atoms with Crippen LogP contribution in [0, 0.1) is 0 Å². The van der Waals surface area contributed by atoms with Gasteiger partial charge in [0.25, 0.3) is 5.92 Å². The lowest BCUT2D eigenvalue weighted by Gasteiger charge is -2.23. The van der Waals surface area contributed by atoms with Crippen molar-refractivity contribution in [1.82, 2.24) is 0 Å². The maximum Gasteiger partial charge on any atom is 0.409 e. The van der Waals surface area contributed by atoms with E-state index in [1.54, 1.807) is 0 Å². The smallest absolute Gasteiger partial charge is 0.390 e. The van der Waals surface area contributed by atoms with Gasteiger partial charge in [-0.1, -0.05) is 0 Å². The van der Waals surface area contributed by atoms with Crippen molar-refractivity contribution in [3.8, 4) is 0 Å². The fraction of sp³-hybridized carbons (Fsp3) is 1.00. The highest BCUT2D eigenvalue weighted by Gasteiger charge is 2.52. The second-order valence-corrected chi connectivity index (χ2v) is 1.94. The average molecular weight is 216 g/mol. The molecule has 0 unspecified atom stereocenters. The number of hydrogen-bond acceptors (Lipinski definition) is 2. The van der Waals surface area contributed by atoms with Crippen molar-refractivity contribution in [3.63, 3.8) is 0 Å². The summed E-state index contributed by atoms with van der Waals surface area (Å²) >= 11 is 0. The molecule has 0 saturated carbocycles. The molecule has 0 radical (unpaired) electrons. The molecule has 0 aromatic rings. The lowest BCUT2D eigenvalue weighted by atomic mass is 10.1. The zero-order valence-corrected chi connectivity index (χ0v) is 6.42. The highest BCUT2D eigenvalue weighted by molar-refractivity contribution is 5.85. The van der Waals surface area contributed by atoms with E-state index in [0.29, 0.717) is 0 Å². The lowest BCUT2D eigenvalue weighted by Crippen LogP contribution is -2.53. The fourth-order valence-electron chi connectivity index (χ4n) is 0.338. The Morgan fingerprint density at radius 3 is 1.58 bits per heavy atom. The zero-order chi connectivity index (χ0) is 9.28. The summed E-state index contributed by atoms with van der Waals surface area (Å²) < 4.78 is 58.1. The van der Waals surface area contributed by atoms with Gasteiger partial charge in [-0.3, -0.25) is 0 Å². The summed E-state index contributed by atoms with van der Waals surface area (Å²) in [5.41, 5.74) is 4.10. The summed E-state index contributed by atoms with van der Waals surface area (Å²) in [5.74, 6) is -4.31. The zero-order valence-electron chi connectivity index (χ0n) is 5.61. The Morgan fingerprint density at radius 1 is 1.17 bits per heavy atom. The van der Waals surface area contributed by atoms with E-state index in [0.717, 1.165) is 0 Å². The third-order valence-electron chi connectivity index (χ3n) is 1.02. The van der Waals surface area contributed by atoms with Crippen LogP contribution < -0.4 is 5.73 Å². The van der Waals surface area contributed by atoms with Crippen molar-refractivity contribution >= 4 is 12.4 Å². The third kappa shape index (κ3) is 3.51. The molecule has 1 atom stereocenters. The number of aliphatic hydroxyl groups is 1. The van der Waals surface area contributed by atoms with E-state index in [9.17, 15) is 22.0 Å². The first-order valence-electron chi connectivity index (χ1n) is 2.53. The van der Waals surface area contributed by atoms with Crippen molar-refractivity contribution in [2.45, 2.75) is 18.1 Å². The Labute approximate surface area is 70.9 Å². The van der Waals surface area contributed by atoms with E-state index < -0.39 is 24.7 Å². The Morgan fingerprint density at radius 2 is 1.50 bits per heavy atom. The average Bonchev–Trinajstić information content (AvgIpc) is 1.84. The van der Waals surface area contributed by atoms with Crippen molar-refractivity contribution in [2.75, 3.05) is 6.61 Å². The molecule has 0 aliphatic carbocycles. The van der Waals surface area contributed by atoms with Crippen LogP contribution in [0.2, 0.25) is 0 Å². The minimum absolute atomic E-state index is 0. The predicted molar refractivity (Wildman–Crippen MR) is 33.3 cm³/mol. The molecule has 0 aromatic carbocycles. The monoisotopic (exact) mass is 215 g/mol. The number of alkyl halides is 5. The van der Waals surface area contributed by atoms with Crippen LogP contribution in [-0.2, 0) is 0 Å². The van der Waals surface area contributed by atoms with Gasteiger partial charge >= 0.3 is 6.18 Å². The van der Waals surface area contributed by atoms with E-state index in [-0.39, 0.29) is 12.4 Å². The topological polar surface area (TPSA) is 46.2 Å². The predicted octanol–water partition coefficient (Wildman–Crippen LogP) is 0.925. The molecule has 0 aliphatic heterocycles. The first-order chi connectivity index (χ1) is 4.72. The van der Waals surface area contributed by atoms with Gasteiger partial charge < -0.3 is 10.8 Å². The van der Waals surface area contributed by atoms with Crippen LogP contribution >= 0.6 is 12.4 Å². The SMILES string of the molecule is Cl.N[C@@H](C(F)(F)F)C(F)(F)CO. The lowest BCUT2D eigenvalue weighted by molar-refractivity contribution is -0.213. The molecule has 0 aliphatic rings. The highest BCUT2D eigenvalue weighted by Crippen LogP contribution is 2.29. The van der Waals surface area contributed by atoms with Gasteiger partial charge in [-0.15, -0.1) is 12.4 Å². The van der Waals surface area contributed by atoms with E-state index in [1.165, 1.54) is 0 Å². The highest BCUT2D eigenvalue weighted by atomic mass is 35.5. The fourth-order valence-corrected chi connectivity index (χ4v) is 0.338. The molecule has 3 N–H and O–H groups in total. The summed E-state index contributed by atoms with van der Waals surface area (Å²) in [6, 6.07) is -3.31. The van der Waals surface area contributed by atoms with Crippen LogP contribution in [0.5, 0.6) is 0 Å². The molecule has 0 saturated heterocycles. The van der Waals surface area contributed by atoms with Crippen molar-refractivity contribution in [1.29, 1.82) is 0 Å². The van der Waals surface area contributed by atoms with Crippen LogP contribution in [0.3, 0.4) is 0 Å². The minimum atomic E-state index is -5.19. The van der Waals surface area contributed by atoms with Crippen LogP contribution in [-0.4, -0.2) is 29.9 Å². The third-order valence-corrected chi connectivity index (χ3v) is 1.02. The first-order valence-corrected chi connectivity index (χ1v) is 2.53. The molecule has 12 heavy (non-hydrogen) atoms. The quantitative estimate of drug-likeness (QED) is 0.673. The number of halogens is 6. The molecule has 76 valence electrons. The molecule has 0 rings (SSSR count). The summed E-state index contributed by atoms with van der Waals surface area (Å²) in [6.45, 7) is -1.91. The molecule has 0 aromatic heterocycles. The van der Waals surface area contributed by atoms with E-state index in [1.807, 2.05) is 0 Å². The number of aliphatic hydroxyl groups excluding tert-OH is 1. The Hall–Kier alpha value is -0.140. The molecule has 8 heteroatoms. The van der Waals surface area contributed by atoms with Crippen LogP contribution in [0.1, 0.15) is 0 Å². The molecule has 0 heterocycles. The van der Waals surface area contributed by atoms with Crippen LogP contribution in [0.25, 0.3) is 0 Å². The van der Waals surface area contributed by atoms with Crippen LogP contribution in [0.15, 0.2) is 0 Å². The van der Waals surface area contributed by atoms with Gasteiger partial charge in [0.1, 0.15) is 6.61 Å². The van der Waals surface area contributed by atoms with E-state index in [4.69, 9.17) is 5.11 Å². The number of nitrogens with two attached hydrogens (primary N) is 1. The first kappa shape index (κ1) is 14.4. The molecular weight excluding hydrogens is 208 g/mol. The van der Waals surface area contributed by atoms with Gasteiger partial charge in [-0.05, 0) is 0 Å². The Balaban J connectivity index is 0. The minimum Gasteiger partial charge on any atom is -0.390 e. The summed E-state index contributed by atoms with van der Waals surface area (Å²) in [6.07, 6.45) is -5.19. The summed E-state index contributed by atoms with van der Waals surface area (Å²) in [4.78, 5) is 0. The molecule has 2 nitrogen and oxygen atoms in total.